The van der Waals surface area contributed by atoms with E-state index in [4.69, 9.17) is 9.15 Å². The molecular weight excluding hydrogens is 347 g/mol. The quantitative estimate of drug-likeness (QED) is 0.764. The summed E-state index contributed by atoms with van der Waals surface area (Å²) in [7, 11) is 0. The highest BCUT2D eigenvalue weighted by molar-refractivity contribution is 7.99. The van der Waals surface area contributed by atoms with Gasteiger partial charge in [-0.15, -0.1) is 10.2 Å². The number of benzene rings is 1. The largest absolute Gasteiger partial charge is 0.493 e. The zero-order chi connectivity index (χ0) is 17.6. The summed E-state index contributed by atoms with van der Waals surface area (Å²) in [4.78, 5) is 11.3. The molecule has 0 atom stereocenters. The van der Waals surface area contributed by atoms with E-state index in [0.29, 0.717) is 17.9 Å². The zero-order valence-electron chi connectivity index (χ0n) is 12.6. The van der Waals surface area contributed by atoms with Crippen molar-refractivity contribution in [2.75, 3.05) is 18.9 Å². The zero-order valence-corrected chi connectivity index (χ0v) is 13.4. The van der Waals surface area contributed by atoms with Gasteiger partial charge >= 0.3 is 6.18 Å². The van der Waals surface area contributed by atoms with Crippen LogP contribution in [0, 0.1) is 0 Å². The molecule has 130 valence electrons. The number of hydrogen-bond donors (Lipinski definition) is 1. The van der Waals surface area contributed by atoms with Gasteiger partial charge in [-0.2, -0.15) is 13.2 Å². The van der Waals surface area contributed by atoms with Crippen molar-refractivity contribution in [1.82, 2.24) is 15.5 Å². The molecule has 1 aromatic carbocycles. The van der Waals surface area contributed by atoms with Crippen molar-refractivity contribution >= 4 is 17.7 Å². The molecule has 0 aliphatic carbocycles. The van der Waals surface area contributed by atoms with E-state index in [1.807, 2.05) is 6.92 Å². The minimum absolute atomic E-state index is 0.0819. The highest BCUT2D eigenvalue weighted by Crippen LogP contribution is 2.30. The lowest BCUT2D eigenvalue weighted by Crippen LogP contribution is -2.34. The Bertz CT molecular complexity index is 691. The van der Waals surface area contributed by atoms with Gasteiger partial charge in [0, 0.05) is 0 Å². The minimum atomic E-state index is -4.44. The highest BCUT2D eigenvalue weighted by atomic mass is 32.2. The molecule has 0 unspecified atom stereocenters. The Morgan fingerprint density at radius 2 is 2.08 bits per heavy atom. The second kappa shape index (κ2) is 8.04. The lowest BCUT2D eigenvalue weighted by molar-refractivity contribution is -0.136. The summed E-state index contributed by atoms with van der Waals surface area (Å²) in [5, 5.41) is 9.47. The Balaban J connectivity index is 1.95. The molecule has 0 aliphatic heterocycles. The van der Waals surface area contributed by atoms with E-state index in [0.717, 1.165) is 11.8 Å². The maximum Gasteiger partial charge on any atom is 0.405 e. The molecule has 0 saturated carbocycles. The fourth-order valence-electron chi connectivity index (χ4n) is 1.68. The highest BCUT2D eigenvalue weighted by Gasteiger charge is 2.27. The van der Waals surface area contributed by atoms with Crippen molar-refractivity contribution in [3.8, 4) is 17.2 Å². The Labute approximate surface area is 139 Å². The van der Waals surface area contributed by atoms with Crippen LogP contribution in [0.15, 0.2) is 33.9 Å². The molecule has 2 rings (SSSR count). The van der Waals surface area contributed by atoms with Crippen LogP contribution in [0.4, 0.5) is 13.2 Å². The fraction of sp³-hybridized carbons (Fsp3) is 0.357. The van der Waals surface area contributed by atoms with E-state index in [-0.39, 0.29) is 16.9 Å². The molecule has 0 spiro atoms. The van der Waals surface area contributed by atoms with Crippen LogP contribution in [0.1, 0.15) is 6.92 Å². The summed E-state index contributed by atoms with van der Waals surface area (Å²) >= 11 is 0.853. The number of aromatic nitrogens is 2. The Morgan fingerprint density at radius 1 is 1.33 bits per heavy atom. The van der Waals surface area contributed by atoms with E-state index in [2.05, 4.69) is 10.2 Å². The predicted molar refractivity (Wildman–Crippen MR) is 80.7 cm³/mol. The maximum absolute atomic E-state index is 12.0. The first-order chi connectivity index (χ1) is 11.4. The van der Waals surface area contributed by atoms with Crippen LogP contribution in [0.5, 0.6) is 5.75 Å². The molecule has 0 saturated heterocycles. The van der Waals surface area contributed by atoms with E-state index in [1.54, 1.807) is 29.6 Å². The molecule has 10 heteroatoms. The summed E-state index contributed by atoms with van der Waals surface area (Å²) in [6, 6.07) is 7.06. The molecule has 0 bridgehead atoms. The molecule has 6 nitrogen and oxygen atoms in total. The number of carbonyl (C=O) groups is 1. The van der Waals surface area contributed by atoms with Gasteiger partial charge in [0.15, 0.2) is 0 Å². The molecule has 1 heterocycles. The van der Waals surface area contributed by atoms with Gasteiger partial charge in [0.05, 0.1) is 17.9 Å². The number of halogens is 3. The number of hydrogen-bond acceptors (Lipinski definition) is 6. The first-order valence-corrected chi connectivity index (χ1v) is 7.89. The smallest absolute Gasteiger partial charge is 0.405 e. The number of alkyl halides is 3. The number of nitrogens with one attached hydrogen (secondary N) is 1. The van der Waals surface area contributed by atoms with E-state index in [1.165, 1.54) is 0 Å². The van der Waals surface area contributed by atoms with Crippen molar-refractivity contribution in [3.05, 3.63) is 24.3 Å². The van der Waals surface area contributed by atoms with Crippen LogP contribution in [-0.2, 0) is 4.79 Å². The van der Waals surface area contributed by atoms with Crippen molar-refractivity contribution in [3.63, 3.8) is 0 Å². The third kappa shape index (κ3) is 5.44. The topological polar surface area (TPSA) is 77.2 Å². The van der Waals surface area contributed by atoms with Crippen molar-refractivity contribution in [1.29, 1.82) is 0 Å². The van der Waals surface area contributed by atoms with Crippen LogP contribution in [0.25, 0.3) is 11.5 Å². The van der Waals surface area contributed by atoms with Gasteiger partial charge in [-0.1, -0.05) is 23.9 Å². The molecule has 0 aliphatic rings. The van der Waals surface area contributed by atoms with Crippen molar-refractivity contribution in [2.45, 2.75) is 18.3 Å². The summed E-state index contributed by atoms with van der Waals surface area (Å²) in [6.45, 7) is 0.931. The first kappa shape index (κ1) is 18.1. The third-order valence-electron chi connectivity index (χ3n) is 2.64. The monoisotopic (exact) mass is 361 g/mol. The van der Waals surface area contributed by atoms with E-state index < -0.39 is 18.6 Å². The van der Waals surface area contributed by atoms with E-state index in [9.17, 15) is 18.0 Å². The standard InChI is InChI=1S/C14H14F3N3O3S/c1-2-22-10-6-4-3-5-9(10)12-19-20-13(23-12)24-7-11(21)18-8-14(15,16)17/h3-6H,2,7-8H2,1H3,(H,18,21). The maximum atomic E-state index is 12.0. The second-order valence-electron chi connectivity index (χ2n) is 4.48. The van der Waals surface area contributed by atoms with Gasteiger partial charge < -0.3 is 14.5 Å². The molecule has 24 heavy (non-hydrogen) atoms. The number of para-hydroxylation sites is 1. The SMILES string of the molecule is CCOc1ccccc1-c1nnc(SCC(=O)NCC(F)(F)F)o1. The molecule has 1 amide bonds. The number of rotatable bonds is 7. The molecule has 1 aromatic heterocycles. The van der Waals surface area contributed by atoms with Crippen LogP contribution in [0.3, 0.4) is 0 Å². The van der Waals surface area contributed by atoms with Gasteiger partial charge in [-0.05, 0) is 19.1 Å². The lowest BCUT2D eigenvalue weighted by Gasteiger charge is -2.07. The number of nitrogens with zero attached hydrogens (tertiary/aromatic N) is 2. The first-order valence-electron chi connectivity index (χ1n) is 6.91. The van der Waals surface area contributed by atoms with E-state index >= 15 is 0 Å². The second-order valence-corrected chi connectivity index (χ2v) is 5.41. The van der Waals surface area contributed by atoms with Crippen LogP contribution < -0.4 is 10.1 Å². The number of amides is 1. The van der Waals surface area contributed by atoms with Gasteiger partial charge in [0.25, 0.3) is 11.1 Å². The van der Waals surface area contributed by atoms with Gasteiger partial charge in [0.1, 0.15) is 12.3 Å². The molecule has 0 fully saturated rings. The average Bonchev–Trinajstić information content (AvgIpc) is 3.00. The third-order valence-corrected chi connectivity index (χ3v) is 3.45. The van der Waals surface area contributed by atoms with Gasteiger partial charge in [-0.25, -0.2) is 0 Å². The summed E-state index contributed by atoms with van der Waals surface area (Å²) in [5.74, 6) is -0.252. The minimum Gasteiger partial charge on any atom is -0.493 e. The number of ether oxygens (including phenoxy) is 1. The number of carbonyl (C=O) groups excluding carboxylic acids is 1. The Morgan fingerprint density at radius 3 is 2.79 bits per heavy atom. The van der Waals surface area contributed by atoms with Crippen molar-refractivity contribution < 1.29 is 27.1 Å². The Kier molecular flexibility index (Phi) is 6.07. The number of thioether (sulfide) groups is 1. The normalized spacial score (nSPS) is 11.3. The van der Waals surface area contributed by atoms with Gasteiger partial charge in [-0.3, -0.25) is 4.79 Å². The average molecular weight is 361 g/mol. The van der Waals surface area contributed by atoms with Crippen molar-refractivity contribution in [2.24, 2.45) is 0 Å². The fourth-order valence-corrected chi connectivity index (χ4v) is 2.27. The summed E-state index contributed by atoms with van der Waals surface area (Å²) in [5.41, 5.74) is 0.597. The van der Waals surface area contributed by atoms with Gasteiger partial charge in [0.2, 0.25) is 5.91 Å². The molecule has 1 N–H and O–H groups in total. The summed E-state index contributed by atoms with van der Waals surface area (Å²) < 4.78 is 46.9. The molecular formula is C14H14F3N3O3S. The lowest BCUT2D eigenvalue weighted by atomic mass is 10.2. The molecule has 0 radical (unpaired) electrons. The summed E-state index contributed by atoms with van der Waals surface area (Å²) in [6.07, 6.45) is -4.44. The van der Waals surface area contributed by atoms with Crippen LogP contribution in [0.2, 0.25) is 0 Å². The predicted octanol–water partition coefficient (Wildman–Crippen LogP) is 2.91. The molecule has 2 aromatic rings. The van der Waals surface area contributed by atoms with Crippen LogP contribution in [-0.4, -0.2) is 41.2 Å². The van der Waals surface area contributed by atoms with Crippen LogP contribution >= 0.6 is 11.8 Å². The Hall–Kier alpha value is -2.23.